The Morgan fingerprint density at radius 3 is 1.07 bits per heavy atom. The fourth-order valence-electron chi connectivity index (χ4n) is 8.86. The Hall–Kier alpha value is -6.62. The minimum Gasteiger partial charge on any atom is -0.497 e. The molecule has 0 unspecified atom stereocenters. The predicted octanol–water partition coefficient (Wildman–Crippen LogP) is 9.92. The van der Waals surface area contributed by atoms with E-state index in [1.165, 1.54) is 0 Å². The predicted molar refractivity (Wildman–Crippen MR) is 276 cm³/mol. The second kappa shape index (κ2) is 27.1. The maximum absolute atomic E-state index is 12.4. The van der Waals surface area contributed by atoms with Gasteiger partial charge in [0.25, 0.3) is 0 Å². The Labute approximate surface area is 433 Å². The van der Waals surface area contributed by atoms with E-state index in [0.29, 0.717) is 23.0 Å². The van der Waals surface area contributed by atoms with Crippen molar-refractivity contribution in [1.29, 1.82) is 0 Å². The van der Waals surface area contributed by atoms with E-state index in [1.807, 2.05) is 176 Å². The molecule has 1 N–H and O–H groups in total. The molecule has 0 spiro atoms. The van der Waals surface area contributed by atoms with Gasteiger partial charge in [-0.2, -0.15) is 0 Å². The summed E-state index contributed by atoms with van der Waals surface area (Å²) in [6.45, 7) is 0.846. The lowest BCUT2D eigenvalue weighted by molar-refractivity contribution is -0.374. The van der Waals surface area contributed by atoms with Gasteiger partial charge in [-0.25, -0.2) is 0 Å². The van der Waals surface area contributed by atoms with Crippen LogP contribution in [0.3, 0.4) is 0 Å². The number of ether oxygens (including phenoxy) is 12. The molecule has 2 aliphatic heterocycles. The monoisotopic (exact) mass is 1000 g/mol. The molecule has 74 heavy (non-hydrogen) atoms. The number of hydrogen-bond donors (Lipinski definition) is 1. The molecule has 0 aliphatic carbocycles. The third-order valence-electron chi connectivity index (χ3n) is 12.8. The first-order valence-electron chi connectivity index (χ1n) is 25.0. The number of aliphatic hydroxyl groups is 1. The van der Waals surface area contributed by atoms with E-state index in [1.54, 1.807) is 38.5 Å². The molecule has 13 nitrogen and oxygen atoms in total. The zero-order chi connectivity index (χ0) is 50.7. The number of aliphatic hydroxyl groups excluding tert-OH is 1. The van der Waals surface area contributed by atoms with Crippen molar-refractivity contribution in [3.63, 3.8) is 0 Å². The molecule has 7 aromatic rings. The van der Waals surface area contributed by atoms with Gasteiger partial charge in [-0.15, -0.1) is 0 Å². The number of benzene rings is 7. The third kappa shape index (κ3) is 14.6. The Bertz CT molecular complexity index is 2650. The first-order valence-corrected chi connectivity index (χ1v) is 25.0. The van der Waals surface area contributed by atoms with Crippen molar-refractivity contribution in [2.75, 3.05) is 27.4 Å². The average molecular weight is 1010 g/mol. The van der Waals surface area contributed by atoms with Crippen LogP contribution in [0.2, 0.25) is 0 Å². The van der Waals surface area contributed by atoms with Gasteiger partial charge in [-0.1, -0.05) is 152 Å². The molecule has 2 fully saturated rings. The van der Waals surface area contributed by atoms with Crippen LogP contribution in [0.25, 0.3) is 0 Å². The van der Waals surface area contributed by atoms with Gasteiger partial charge in [0.1, 0.15) is 85.0 Å². The van der Waals surface area contributed by atoms with Crippen LogP contribution in [-0.4, -0.2) is 94.0 Å². The van der Waals surface area contributed by atoms with Gasteiger partial charge >= 0.3 is 0 Å². The smallest absolute Gasteiger partial charge is 0.187 e. The highest BCUT2D eigenvalue weighted by Crippen LogP contribution is 2.37. The lowest BCUT2D eigenvalue weighted by Crippen LogP contribution is -2.66. The van der Waals surface area contributed by atoms with Crippen molar-refractivity contribution in [1.82, 2.24) is 0 Å². The molecule has 386 valence electrons. The van der Waals surface area contributed by atoms with Crippen LogP contribution >= 0.6 is 0 Å². The summed E-state index contributed by atoms with van der Waals surface area (Å²) in [7, 11) is 3.22. The second-order valence-electron chi connectivity index (χ2n) is 18.0. The topological polar surface area (TPSA) is 131 Å². The van der Waals surface area contributed by atoms with E-state index in [2.05, 4.69) is 0 Å². The van der Waals surface area contributed by atoms with Crippen molar-refractivity contribution in [3.8, 4) is 23.0 Å². The van der Waals surface area contributed by atoms with Crippen LogP contribution in [0.1, 0.15) is 27.8 Å². The summed E-state index contributed by atoms with van der Waals surface area (Å²) in [5, 5.41) is 12.4. The highest BCUT2D eigenvalue weighted by Gasteiger charge is 2.54. The summed E-state index contributed by atoms with van der Waals surface area (Å²) >= 11 is 0. The minimum absolute atomic E-state index is 0.0123. The average Bonchev–Trinajstić information content (AvgIpc) is 3.46. The van der Waals surface area contributed by atoms with Crippen LogP contribution in [0.15, 0.2) is 200 Å². The Kier molecular flexibility index (Phi) is 19.1. The van der Waals surface area contributed by atoms with Gasteiger partial charge in [0.05, 0.1) is 47.3 Å². The van der Waals surface area contributed by atoms with E-state index in [4.69, 9.17) is 56.8 Å². The summed E-state index contributed by atoms with van der Waals surface area (Å²) in [5.41, 5.74) is 4.62. The number of methoxy groups -OCH3 is 2. The fraction of sp³-hybridized carbons (Fsp3) is 0.311. The summed E-state index contributed by atoms with van der Waals surface area (Å²) in [6.07, 6.45) is -10.0. The summed E-state index contributed by atoms with van der Waals surface area (Å²) in [5.74, 6) is 2.48. The molecule has 0 amide bonds. The van der Waals surface area contributed by atoms with E-state index in [9.17, 15) is 5.11 Å². The second-order valence-corrected chi connectivity index (χ2v) is 18.0. The Morgan fingerprint density at radius 1 is 0.338 bits per heavy atom. The molecule has 9 rings (SSSR count). The van der Waals surface area contributed by atoms with Gasteiger partial charge in [0.15, 0.2) is 12.6 Å². The van der Waals surface area contributed by atoms with Gasteiger partial charge < -0.3 is 61.9 Å². The Balaban J connectivity index is 1.11. The molecule has 7 aromatic carbocycles. The van der Waals surface area contributed by atoms with Crippen LogP contribution in [0.4, 0.5) is 0 Å². The maximum Gasteiger partial charge on any atom is 0.187 e. The number of rotatable bonds is 25. The summed E-state index contributed by atoms with van der Waals surface area (Å²) in [6, 6.07) is 63.8. The first kappa shape index (κ1) is 52.3. The van der Waals surface area contributed by atoms with Crippen LogP contribution in [0.5, 0.6) is 23.0 Å². The lowest BCUT2D eigenvalue weighted by atomic mass is 9.96. The molecule has 13 heteroatoms. The summed E-state index contributed by atoms with van der Waals surface area (Å²) < 4.78 is 79.5. The van der Waals surface area contributed by atoms with Gasteiger partial charge in [-0.3, -0.25) is 0 Å². The SMILES string of the molecule is COc1ccc(OC[C@H]2O[C@H](O[C@@H]3[C@H](OCc4ccccc4)[C@@H](OCc4ccccc4)[C@H](OCc4ccccc4)O[C@@H]3COc3ccc(OC)cc3)[C@H](OCc3ccccc3)[C@@H](OCc3ccccc3)[C@H]2O)cc1. The molecular formula is C61H64O13. The van der Waals surface area contributed by atoms with E-state index in [0.717, 1.165) is 27.8 Å². The highest BCUT2D eigenvalue weighted by molar-refractivity contribution is 5.32. The van der Waals surface area contributed by atoms with Crippen molar-refractivity contribution in [3.05, 3.63) is 228 Å². The molecule has 0 radical (unpaired) electrons. The maximum atomic E-state index is 12.4. The minimum atomic E-state index is -1.24. The van der Waals surface area contributed by atoms with E-state index >= 15 is 0 Å². The summed E-state index contributed by atoms with van der Waals surface area (Å²) in [4.78, 5) is 0. The lowest BCUT2D eigenvalue weighted by Gasteiger charge is -2.49. The normalized spacial score (nSPS) is 23.7. The molecule has 0 bridgehead atoms. The molecule has 0 aromatic heterocycles. The van der Waals surface area contributed by atoms with Crippen molar-refractivity contribution in [2.45, 2.75) is 94.4 Å². The third-order valence-corrected chi connectivity index (χ3v) is 12.8. The quantitative estimate of drug-likeness (QED) is 0.0584. The first-order chi connectivity index (χ1) is 36.5. The zero-order valence-corrected chi connectivity index (χ0v) is 41.6. The van der Waals surface area contributed by atoms with Crippen molar-refractivity contribution >= 4 is 0 Å². The van der Waals surface area contributed by atoms with E-state index in [-0.39, 0.29) is 46.2 Å². The van der Waals surface area contributed by atoms with Gasteiger partial charge in [0.2, 0.25) is 0 Å². The van der Waals surface area contributed by atoms with Crippen molar-refractivity contribution < 1.29 is 61.9 Å². The standard InChI is InChI=1S/C61H64O13/c1-63-48-28-32-50(33-29-48)65-41-52-54(62)56(67-36-43-18-8-3-9-19-43)58(69-38-45-22-12-5-13-23-45)61(72-52)74-55-53(42-66-51-34-30-49(64-2)31-35-51)73-60(71-40-47-26-16-7-17-27-47)59(70-39-46-24-14-6-15-25-46)57(55)68-37-44-20-10-4-11-21-44/h3-35,52-62H,36-42H2,1-2H3/t52-,53-,54+,55+,56+,57+,58-,59-,60-,61-/m1/s1. The molecule has 10 atom stereocenters. The fourth-order valence-corrected chi connectivity index (χ4v) is 8.86. The van der Waals surface area contributed by atoms with Crippen LogP contribution in [0, 0.1) is 0 Å². The van der Waals surface area contributed by atoms with Gasteiger partial charge in [-0.05, 0) is 76.3 Å². The van der Waals surface area contributed by atoms with Crippen LogP contribution in [-0.2, 0) is 70.9 Å². The molecule has 2 saturated heterocycles. The molecule has 2 aliphatic rings. The van der Waals surface area contributed by atoms with E-state index < -0.39 is 61.4 Å². The molecule has 0 saturated carbocycles. The number of hydrogen-bond acceptors (Lipinski definition) is 13. The highest BCUT2D eigenvalue weighted by atomic mass is 16.8. The molecule has 2 heterocycles. The van der Waals surface area contributed by atoms with Crippen molar-refractivity contribution in [2.24, 2.45) is 0 Å². The Morgan fingerprint density at radius 2 is 0.662 bits per heavy atom. The van der Waals surface area contributed by atoms with Gasteiger partial charge in [0, 0.05) is 0 Å². The van der Waals surface area contributed by atoms with Crippen LogP contribution < -0.4 is 18.9 Å². The molecular weight excluding hydrogens is 941 g/mol. The zero-order valence-electron chi connectivity index (χ0n) is 41.6. The largest absolute Gasteiger partial charge is 0.497 e.